The molecule has 28 heteroatoms. The normalized spacial score (nSPS) is 52.2. The molecule has 28 nitrogen and oxygen atoms in total. The minimum absolute atomic E-state index is 0.0801. The van der Waals surface area contributed by atoms with Gasteiger partial charge in [0.05, 0.1) is 43.5 Å². The van der Waals surface area contributed by atoms with Crippen molar-refractivity contribution in [3.8, 4) is 0 Å². The average molecular weight is 1310 g/mol. The van der Waals surface area contributed by atoms with Crippen LogP contribution in [0.4, 0.5) is 0 Å². The molecular weight excluding hydrogens is 1200 g/mol. The van der Waals surface area contributed by atoms with Gasteiger partial charge in [-0.05, 0) is 117 Å². The maximum atomic E-state index is 15.3. The molecule has 0 radical (unpaired) electrons. The number of hydrogen-bond acceptors (Lipinski definition) is 28. The Kier molecular flexibility index (Phi) is 20.8. The molecule has 5 aliphatic heterocycles. The van der Waals surface area contributed by atoms with Crippen LogP contribution in [0.15, 0.2) is 11.6 Å². The van der Waals surface area contributed by atoms with E-state index in [-0.39, 0.29) is 47.2 Å². The Morgan fingerprint density at radius 3 is 1.84 bits per heavy atom. The third kappa shape index (κ3) is 12.6. The molecule has 5 saturated heterocycles. The van der Waals surface area contributed by atoms with Crippen LogP contribution in [0.3, 0.4) is 0 Å². The molecule has 10 rings (SSSR count). The molecule has 33 atom stereocenters. The van der Waals surface area contributed by atoms with Crippen LogP contribution in [-0.2, 0) is 71.2 Å². The quantitative estimate of drug-likeness (QED) is 0.0388. The number of rotatable bonds is 15. The fourth-order valence-electron chi connectivity index (χ4n) is 18.0. The molecule has 91 heavy (non-hydrogen) atoms. The first kappa shape index (κ1) is 71.1. The number of carbonyl (C=O) groups is 3. The highest BCUT2D eigenvalue weighted by Crippen LogP contribution is 2.76. The lowest BCUT2D eigenvalue weighted by Crippen LogP contribution is -2.67. The fraction of sp³-hybridized carbons (Fsp3) is 0.921. The second-order valence-corrected chi connectivity index (χ2v) is 29.7. The fourth-order valence-corrected chi connectivity index (χ4v) is 18.0. The molecule has 10 aliphatic rings. The summed E-state index contributed by atoms with van der Waals surface area (Å²) in [7, 11) is 0. The van der Waals surface area contributed by atoms with E-state index in [1.165, 1.54) is 13.8 Å². The van der Waals surface area contributed by atoms with Crippen molar-refractivity contribution >= 4 is 17.9 Å². The van der Waals surface area contributed by atoms with Crippen molar-refractivity contribution in [1.82, 2.24) is 0 Å². The van der Waals surface area contributed by atoms with Gasteiger partial charge in [0.1, 0.15) is 104 Å². The summed E-state index contributed by atoms with van der Waals surface area (Å²) in [5.41, 5.74) is -2.06. The van der Waals surface area contributed by atoms with E-state index < -0.39 is 201 Å². The zero-order chi connectivity index (χ0) is 66.6. The molecule has 5 aliphatic carbocycles. The van der Waals surface area contributed by atoms with Gasteiger partial charge >= 0.3 is 17.9 Å². The molecule has 0 aromatic carbocycles. The lowest BCUT2D eigenvalue weighted by Gasteiger charge is -2.71. The van der Waals surface area contributed by atoms with Crippen LogP contribution in [0, 0.1) is 50.2 Å². The topological polar surface area (TPSA) is 425 Å². The molecule has 520 valence electrons. The molecule has 0 aromatic heterocycles. The molecule has 5 heterocycles. The van der Waals surface area contributed by atoms with Crippen LogP contribution in [0.1, 0.15) is 133 Å². The summed E-state index contributed by atoms with van der Waals surface area (Å²) in [4.78, 5) is 39.2. The van der Waals surface area contributed by atoms with E-state index in [1.54, 1.807) is 0 Å². The SMILES string of the molecule is CC(=O)OCC1OC(OCC2OC(OC(=O)C34CCC(C)(C)CC3C3=CCC5C6(C)CCC(OC7OCC(O)C(O)C7OC7OC(C)C(O)C(O)C7O)C(C)(CO)C6CCC5(C)C3(C)CC4)C(O)C(O)C2O)C(O)C(O)C1OC1OC(C)C(O)C(OC(C)=O)C1O. The summed E-state index contributed by atoms with van der Waals surface area (Å²) >= 11 is 0. The van der Waals surface area contributed by atoms with Gasteiger partial charge in [0.2, 0.25) is 6.29 Å². The number of allylic oxidation sites excluding steroid dienone is 2. The summed E-state index contributed by atoms with van der Waals surface area (Å²) < 4.78 is 70.6. The largest absolute Gasteiger partial charge is 0.463 e. The highest BCUT2D eigenvalue weighted by Gasteiger charge is 2.71. The van der Waals surface area contributed by atoms with Crippen molar-refractivity contribution in [2.75, 3.05) is 26.4 Å². The van der Waals surface area contributed by atoms with E-state index >= 15 is 4.79 Å². The molecule has 0 aromatic rings. The molecule has 0 bridgehead atoms. The Balaban J connectivity index is 0.834. The van der Waals surface area contributed by atoms with Crippen LogP contribution in [0.2, 0.25) is 0 Å². The number of esters is 3. The third-order valence-electron chi connectivity index (χ3n) is 23.7. The van der Waals surface area contributed by atoms with Gasteiger partial charge in [-0.1, -0.05) is 53.2 Å². The van der Waals surface area contributed by atoms with Gasteiger partial charge in [-0.3, -0.25) is 14.4 Å². The Morgan fingerprint density at radius 2 is 1.16 bits per heavy atom. The van der Waals surface area contributed by atoms with Crippen LogP contribution in [0.5, 0.6) is 0 Å². The average Bonchev–Trinajstić information content (AvgIpc) is 0.676. The number of fused-ring (bicyclic) bond motifs is 7. The zero-order valence-electron chi connectivity index (χ0n) is 53.6. The Bertz CT molecular complexity index is 2610. The zero-order valence-corrected chi connectivity index (χ0v) is 53.6. The standard InChI is InChI=1S/C63H100O28/c1-26-38(68)42(72)45(75)53(83-26)90-51-40(70)32(67)22-81-56(51)88-37-14-15-59(7)35(60(37,8)25-64)13-16-62(10)36(59)12-11-30-31-21-58(5,6)17-19-63(31,20-18-61(30,62)9)57(79)91-54-46(76)43(73)41(71)33(86-54)23-82-52-47(77)44(74)49(34(87-52)24-80-28(3)65)89-55-48(78)50(85-29(4)66)39(69)27(2)84-55/h11,26-27,31-56,64,67-78H,12-25H2,1-10H3. The monoisotopic (exact) mass is 1300 g/mol. The van der Waals surface area contributed by atoms with Gasteiger partial charge in [0.25, 0.3) is 0 Å². The smallest absolute Gasteiger partial charge is 0.315 e. The molecule has 9 fully saturated rings. The minimum Gasteiger partial charge on any atom is -0.463 e. The molecule has 0 spiro atoms. The summed E-state index contributed by atoms with van der Waals surface area (Å²) in [6.07, 6.45) is -30.3. The van der Waals surface area contributed by atoms with E-state index in [1.807, 2.05) is 6.92 Å². The summed E-state index contributed by atoms with van der Waals surface area (Å²) in [6.45, 7) is 16.6. The Hall–Kier alpha value is -2.73. The third-order valence-corrected chi connectivity index (χ3v) is 23.7. The highest BCUT2D eigenvalue weighted by molar-refractivity contribution is 5.79. The van der Waals surface area contributed by atoms with Gasteiger partial charge < -0.3 is 123 Å². The minimum atomic E-state index is -1.95. The summed E-state index contributed by atoms with van der Waals surface area (Å²) in [5, 5.41) is 144. The van der Waals surface area contributed by atoms with Gasteiger partial charge in [-0.25, -0.2) is 0 Å². The maximum absolute atomic E-state index is 15.3. The first-order valence-electron chi connectivity index (χ1n) is 32.4. The van der Waals surface area contributed by atoms with Crippen LogP contribution < -0.4 is 0 Å². The van der Waals surface area contributed by atoms with E-state index in [0.29, 0.717) is 57.8 Å². The number of hydrogen-bond donors (Lipinski definition) is 13. The maximum Gasteiger partial charge on any atom is 0.315 e. The van der Waals surface area contributed by atoms with Crippen molar-refractivity contribution < 1.29 is 138 Å². The second kappa shape index (κ2) is 26.6. The van der Waals surface area contributed by atoms with Crippen molar-refractivity contribution in [2.45, 2.75) is 287 Å². The first-order chi connectivity index (χ1) is 42.6. The van der Waals surface area contributed by atoms with Crippen molar-refractivity contribution in [1.29, 1.82) is 0 Å². The Morgan fingerprint density at radius 1 is 0.549 bits per heavy atom. The van der Waals surface area contributed by atoms with Gasteiger partial charge in [-0.2, -0.15) is 0 Å². The lowest BCUT2D eigenvalue weighted by atomic mass is 9.33. The predicted molar refractivity (Wildman–Crippen MR) is 307 cm³/mol. The molecule has 4 saturated carbocycles. The molecule has 33 unspecified atom stereocenters. The Labute approximate surface area is 529 Å². The van der Waals surface area contributed by atoms with Crippen molar-refractivity contribution in [3.63, 3.8) is 0 Å². The van der Waals surface area contributed by atoms with E-state index in [0.717, 1.165) is 25.8 Å². The van der Waals surface area contributed by atoms with E-state index in [2.05, 4.69) is 40.7 Å². The molecule has 0 amide bonds. The van der Waals surface area contributed by atoms with Crippen LogP contribution >= 0.6 is 0 Å². The number of aliphatic hydroxyl groups excluding tert-OH is 13. The van der Waals surface area contributed by atoms with Crippen molar-refractivity contribution in [2.24, 2.45) is 50.2 Å². The number of carbonyl (C=O) groups excluding carboxylic acids is 3. The molecule has 13 N–H and O–H groups in total. The van der Waals surface area contributed by atoms with Gasteiger partial charge in [0.15, 0.2) is 31.3 Å². The number of aliphatic hydroxyl groups is 13. The van der Waals surface area contributed by atoms with E-state index in [4.69, 9.17) is 56.8 Å². The first-order valence-corrected chi connectivity index (χ1v) is 32.4. The van der Waals surface area contributed by atoms with Crippen molar-refractivity contribution in [3.05, 3.63) is 11.6 Å². The lowest BCUT2D eigenvalue weighted by molar-refractivity contribution is -0.365. The van der Waals surface area contributed by atoms with Crippen LogP contribution in [-0.4, -0.2) is 264 Å². The highest BCUT2D eigenvalue weighted by atomic mass is 16.8. The van der Waals surface area contributed by atoms with E-state index in [9.17, 15) is 76.0 Å². The summed E-state index contributed by atoms with van der Waals surface area (Å²) in [5.74, 6) is -2.52. The summed E-state index contributed by atoms with van der Waals surface area (Å²) in [6, 6.07) is 0. The van der Waals surface area contributed by atoms with Crippen LogP contribution in [0.25, 0.3) is 0 Å². The van der Waals surface area contributed by atoms with Gasteiger partial charge in [-0.15, -0.1) is 0 Å². The molecular formula is C63H100O28. The van der Waals surface area contributed by atoms with Gasteiger partial charge in [0, 0.05) is 19.3 Å². The number of ether oxygens (including phenoxy) is 12. The predicted octanol–water partition coefficient (Wildman–Crippen LogP) is -1.40. The second-order valence-electron chi connectivity index (χ2n) is 29.7.